The monoisotopic (exact) mass is 571 g/mol. The maximum atomic E-state index is 14.4. The number of nitrogens with one attached hydrogen (secondary N) is 1. The maximum Gasteiger partial charge on any atom is 0.263 e. The van der Waals surface area contributed by atoms with Gasteiger partial charge in [-0.15, -0.1) is 0 Å². The van der Waals surface area contributed by atoms with E-state index in [4.69, 9.17) is 4.98 Å². The summed E-state index contributed by atoms with van der Waals surface area (Å²) >= 11 is 1.29. The molecule has 5 aromatic rings. The average molecular weight is 572 g/mol. The van der Waals surface area contributed by atoms with E-state index in [1.165, 1.54) is 17.3 Å². The van der Waals surface area contributed by atoms with Gasteiger partial charge in [0.15, 0.2) is 5.16 Å². The highest BCUT2D eigenvalue weighted by molar-refractivity contribution is 7.99. The van der Waals surface area contributed by atoms with Crippen molar-refractivity contribution in [2.24, 2.45) is 0 Å². The van der Waals surface area contributed by atoms with E-state index in [1.54, 1.807) is 4.57 Å². The fraction of sp³-hybridized carbons (Fsp3) is 0.194. The zero-order valence-corrected chi connectivity index (χ0v) is 24.6. The standard InChI is InChI=1S/C36H33N3O2S/c1-3-36(2)23-27-19-13-14-22-29(27)33-31(36)34(41)39(28-20-11-6-12-21-28)35(38-33)42-24-30(40)37-32(25-15-7-4-8-16-25)26-17-9-5-10-18-26/h4-22,32H,3,23-24H2,1-2H3,(H,37,40)/t36-/m1/s1. The lowest BCUT2D eigenvalue weighted by atomic mass is 9.69. The number of para-hydroxylation sites is 1. The van der Waals surface area contributed by atoms with Crippen molar-refractivity contribution >= 4 is 17.7 Å². The summed E-state index contributed by atoms with van der Waals surface area (Å²) in [6.45, 7) is 4.29. The molecule has 4 aromatic carbocycles. The number of benzene rings is 4. The molecule has 0 bridgehead atoms. The first-order valence-electron chi connectivity index (χ1n) is 14.3. The van der Waals surface area contributed by atoms with E-state index >= 15 is 0 Å². The first kappa shape index (κ1) is 27.7. The Morgan fingerprint density at radius 1 is 0.881 bits per heavy atom. The van der Waals surface area contributed by atoms with Gasteiger partial charge < -0.3 is 5.32 Å². The fourth-order valence-electron chi connectivity index (χ4n) is 5.84. The maximum absolute atomic E-state index is 14.4. The van der Waals surface area contributed by atoms with Crippen molar-refractivity contribution in [1.82, 2.24) is 14.9 Å². The third kappa shape index (κ3) is 5.30. The molecule has 1 amide bonds. The van der Waals surface area contributed by atoms with Gasteiger partial charge >= 0.3 is 0 Å². The molecule has 1 aliphatic rings. The van der Waals surface area contributed by atoms with Gasteiger partial charge in [-0.05, 0) is 41.7 Å². The van der Waals surface area contributed by atoms with Crippen molar-refractivity contribution in [2.45, 2.75) is 43.3 Å². The number of fused-ring (bicyclic) bond motifs is 3. The van der Waals surface area contributed by atoms with Gasteiger partial charge in [-0.1, -0.05) is 129 Å². The van der Waals surface area contributed by atoms with Crippen LogP contribution in [0.25, 0.3) is 16.9 Å². The van der Waals surface area contributed by atoms with Gasteiger partial charge in [0.25, 0.3) is 5.56 Å². The van der Waals surface area contributed by atoms with Crippen molar-refractivity contribution in [2.75, 3.05) is 5.75 Å². The summed E-state index contributed by atoms with van der Waals surface area (Å²) < 4.78 is 1.69. The zero-order chi connectivity index (χ0) is 29.1. The molecule has 0 aliphatic heterocycles. The third-order valence-electron chi connectivity index (χ3n) is 8.21. The first-order chi connectivity index (χ1) is 20.5. The Bertz CT molecular complexity index is 1730. The van der Waals surface area contributed by atoms with Crippen LogP contribution in [0, 0.1) is 0 Å². The van der Waals surface area contributed by atoms with E-state index in [0.717, 1.165) is 46.5 Å². The van der Waals surface area contributed by atoms with E-state index in [0.29, 0.717) is 5.16 Å². The number of hydrogen-bond donors (Lipinski definition) is 1. The molecule has 1 aromatic heterocycles. The van der Waals surface area contributed by atoms with Crippen molar-refractivity contribution in [3.05, 3.63) is 148 Å². The predicted molar refractivity (Wildman–Crippen MR) is 170 cm³/mol. The molecule has 0 unspecified atom stereocenters. The molecule has 1 heterocycles. The van der Waals surface area contributed by atoms with Gasteiger partial charge in [-0.3, -0.25) is 14.2 Å². The Hall–Kier alpha value is -4.42. The Kier molecular flexibility index (Phi) is 7.81. The number of aromatic nitrogens is 2. The van der Waals surface area contributed by atoms with E-state index in [1.807, 2.05) is 109 Å². The van der Waals surface area contributed by atoms with Crippen LogP contribution in [-0.4, -0.2) is 21.2 Å². The molecule has 42 heavy (non-hydrogen) atoms. The number of nitrogens with zero attached hydrogens (tertiary/aromatic N) is 2. The molecule has 6 rings (SSSR count). The molecular formula is C36H33N3O2S. The topological polar surface area (TPSA) is 64.0 Å². The largest absolute Gasteiger partial charge is 0.344 e. The molecule has 0 spiro atoms. The zero-order valence-electron chi connectivity index (χ0n) is 23.8. The second kappa shape index (κ2) is 11.8. The second-order valence-corrected chi connectivity index (χ2v) is 11.9. The van der Waals surface area contributed by atoms with Gasteiger partial charge in [-0.2, -0.15) is 0 Å². The van der Waals surface area contributed by atoms with Crippen LogP contribution in [0.5, 0.6) is 0 Å². The average Bonchev–Trinajstić information content (AvgIpc) is 3.03. The minimum absolute atomic E-state index is 0.0700. The molecule has 210 valence electrons. The third-order valence-corrected chi connectivity index (χ3v) is 9.15. The van der Waals surface area contributed by atoms with E-state index in [9.17, 15) is 9.59 Å². The molecule has 5 nitrogen and oxygen atoms in total. The SMILES string of the molecule is CC[C@]1(C)Cc2ccccc2-c2nc(SCC(=O)NC(c3ccccc3)c3ccccc3)n(-c3ccccc3)c(=O)c21. The summed E-state index contributed by atoms with van der Waals surface area (Å²) in [4.78, 5) is 33.1. The minimum Gasteiger partial charge on any atom is -0.344 e. The lowest BCUT2D eigenvalue weighted by molar-refractivity contribution is -0.119. The van der Waals surface area contributed by atoms with Crippen molar-refractivity contribution in [3.8, 4) is 16.9 Å². The molecule has 0 saturated carbocycles. The normalized spacial score (nSPS) is 15.6. The fourth-order valence-corrected chi connectivity index (χ4v) is 6.66. The molecular weight excluding hydrogens is 538 g/mol. The highest BCUT2D eigenvalue weighted by atomic mass is 32.2. The predicted octanol–water partition coefficient (Wildman–Crippen LogP) is 7.12. The van der Waals surface area contributed by atoms with E-state index in [2.05, 4.69) is 25.2 Å². The van der Waals surface area contributed by atoms with Crippen LogP contribution >= 0.6 is 11.8 Å². The smallest absolute Gasteiger partial charge is 0.263 e. The summed E-state index contributed by atoms with van der Waals surface area (Å²) in [6, 6.07) is 37.4. The summed E-state index contributed by atoms with van der Waals surface area (Å²) in [5, 5.41) is 3.72. The number of amides is 1. The lowest BCUT2D eigenvalue weighted by Crippen LogP contribution is -2.39. The van der Waals surface area contributed by atoms with Crippen molar-refractivity contribution in [3.63, 3.8) is 0 Å². The summed E-state index contributed by atoms with van der Waals surface area (Å²) in [5.74, 6) is -0.0240. The van der Waals surface area contributed by atoms with Crippen LogP contribution in [0.4, 0.5) is 0 Å². The molecule has 1 N–H and O–H groups in total. The molecule has 1 atom stereocenters. The molecule has 1 aliphatic carbocycles. The van der Waals surface area contributed by atoms with Crippen LogP contribution in [0.15, 0.2) is 125 Å². The van der Waals surface area contributed by atoms with Crippen LogP contribution in [0.2, 0.25) is 0 Å². The molecule has 0 radical (unpaired) electrons. The van der Waals surface area contributed by atoms with Gasteiger partial charge in [0.2, 0.25) is 5.91 Å². The van der Waals surface area contributed by atoms with Crippen LogP contribution < -0.4 is 10.9 Å². The summed E-state index contributed by atoms with van der Waals surface area (Å²) in [5.41, 5.74) is 6.00. The number of hydrogen-bond acceptors (Lipinski definition) is 4. The molecule has 0 fully saturated rings. The van der Waals surface area contributed by atoms with Crippen molar-refractivity contribution in [1.29, 1.82) is 0 Å². The highest BCUT2D eigenvalue weighted by Crippen LogP contribution is 2.43. The number of carbonyl (C=O) groups excluding carboxylic acids is 1. The van der Waals surface area contributed by atoms with Crippen LogP contribution in [0.3, 0.4) is 0 Å². The Morgan fingerprint density at radius 3 is 2.07 bits per heavy atom. The summed E-state index contributed by atoms with van der Waals surface area (Å²) in [6.07, 6.45) is 1.60. The second-order valence-electron chi connectivity index (χ2n) is 11.0. The van der Waals surface area contributed by atoms with Gasteiger partial charge in [0.1, 0.15) is 0 Å². The van der Waals surface area contributed by atoms with Crippen LogP contribution in [-0.2, 0) is 16.6 Å². The number of rotatable bonds is 8. The molecule has 6 heteroatoms. The van der Waals surface area contributed by atoms with Crippen LogP contribution in [0.1, 0.15) is 48.6 Å². The Morgan fingerprint density at radius 2 is 1.45 bits per heavy atom. The minimum atomic E-state index is -0.344. The first-order valence-corrected chi connectivity index (χ1v) is 15.3. The van der Waals surface area contributed by atoms with E-state index < -0.39 is 0 Å². The van der Waals surface area contributed by atoms with Crippen molar-refractivity contribution < 1.29 is 4.79 Å². The molecule has 0 saturated heterocycles. The van der Waals surface area contributed by atoms with Gasteiger partial charge in [-0.25, -0.2) is 4.98 Å². The highest BCUT2D eigenvalue weighted by Gasteiger charge is 2.38. The van der Waals surface area contributed by atoms with E-state index in [-0.39, 0.29) is 28.7 Å². The Balaban J connectivity index is 1.39. The number of carbonyl (C=O) groups is 1. The van der Waals surface area contributed by atoms with Gasteiger partial charge in [0.05, 0.1) is 28.7 Å². The lowest BCUT2D eigenvalue weighted by Gasteiger charge is -2.35. The van der Waals surface area contributed by atoms with Gasteiger partial charge in [0, 0.05) is 11.0 Å². The Labute approximate surface area is 250 Å². The number of thioether (sulfide) groups is 1. The summed E-state index contributed by atoms with van der Waals surface area (Å²) in [7, 11) is 0. The quantitative estimate of drug-likeness (QED) is 0.159.